The second kappa shape index (κ2) is 8.92. The van der Waals surface area contributed by atoms with E-state index in [0.29, 0.717) is 11.5 Å². The van der Waals surface area contributed by atoms with E-state index in [1.54, 1.807) is 0 Å². The van der Waals surface area contributed by atoms with Crippen LogP contribution >= 0.6 is 0 Å². The first-order valence-electron chi connectivity index (χ1n) is 7.75. The van der Waals surface area contributed by atoms with E-state index >= 15 is 0 Å². The zero-order valence-corrected chi connectivity index (χ0v) is 13.8. The second-order valence-corrected chi connectivity index (χ2v) is 6.74. The summed E-state index contributed by atoms with van der Waals surface area (Å²) in [5.74, 6) is 0.739. The minimum atomic E-state index is 0.394. The monoisotopic (exact) mass is 256 g/mol. The Morgan fingerprint density at radius 3 is 2.22 bits per heavy atom. The molecule has 0 saturated heterocycles. The molecule has 2 nitrogen and oxygen atoms in total. The van der Waals surface area contributed by atoms with E-state index in [4.69, 9.17) is 0 Å². The summed E-state index contributed by atoms with van der Waals surface area (Å²) in [6.45, 7) is 17.3. The lowest BCUT2D eigenvalue weighted by atomic mass is 9.86. The van der Waals surface area contributed by atoms with Gasteiger partial charge in [0.25, 0.3) is 0 Å². The van der Waals surface area contributed by atoms with Crippen LogP contribution < -0.4 is 5.32 Å². The van der Waals surface area contributed by atoms with Crippen LogP contribution in [0, 0.1) is 11.3 Å². The first-order valence-corrected chi connectivity index (χ1v) is 7.75. The molecule has 18 heavy (non-hydrogen) atoms. The summed E-state index contributed by atoms with van der Waals surface area (Å²) >= 11 is 0. The topological polar surface area (TPSA) is 15.3 Å². The van der Waals surface area contributed by atoms with Crippen LogP contribution in [0.5, 0.6) is 0 Å². The third-order valence-corrected chi connectivity index (χ3v) is 4.05. The second-order valence-electron chi connectivity index (χ2n) is 6.74. The van der Waals surface area contributed by atoms with E-state index in [1.165, 1.54) is 25.8 Å². The van der Waals surface area contributed by atoms with Crippen LogP contribution in [-0.4, -0.2) is 37.6 Å². The average molecular weight is 256 g/mol. The smallest absolute Gasteiger partial charge is 0.00640 e. The largest absolute Gasteiger partial charge is 0.316 e. The van der Waals surface area contributed by atoms with E-state index in [-0.39, 0.29) is 0 Å². The molecular weight excluding hydrogens is 220 g/mol. The van der Waals surface area contributed by atoms with E-state index in [9.17, 15) is 0 Å². The standard InChI is InChI=1S/C16H36N2/c1-8-10-15(5)18(7)13-16(6,9-2)12-17-11-14(3)4/h14-15,17H,8-13H2,1-7H3. The molecule has 0 bridgehead atoms. The van der Waals surface area contributed by atoms with Crippen LogP contribution in [0.2, 0.25) is 0 Å². The van der Waals surface area contributed by atoms with Crippen LogP contribution in [0.4, 0.5) is 0 Å². The number of hydrogen-bond acceptors (Lipinski definition) is 2. The first-order chi connectivity index (χ1) is 8.34. The maximum absolute atomic E-state index is 3.63. The predicted molar refractivity (Wildman–Crippen MR) is 83.1 cm³/mol. The van der Waals surface area contributed by atoms with Crippen molar-refractivity contribution in [3.8, 4) is 0 Å². The molecular formula is C16H36N2. The van der Waals surface area contributed by atoms with Crippen molar-refractivity contribution in [3.63, 3.8) is 0 Å². The highest BCUT2D eigenvalue weighted by Gasteiger charge is 2.25. The molecule has 2 atom stereocenters. The van der Waals surface area contributed by atoms with Crippen LogP contribution in [0.1, 0.15) is 60.8 Å². The third-order valence-electron chi connectivity index (χ3n) is 4.05. The Morgan fingerprint density at radius 1 is 1.17 bits per heavy atom. The van der Waals surface area contributed by atoms with Crippen molar-refractivity contribution in [2.45, 2.75) is 66.8 Å². The fourth-order valence-electron chi connectivity index (χ4n) is 2.35. The van der Waals surface area contributed by atoms with Gasteiger partial charge in [-0.15, -0.1) is 0 Å². The summed E-state index contributed by atoms with van der Waals surface area (Å²) in [5, 5.41) is 3.63. The number of rotatable bonds is 10. The highest BCUT2D eigenvalue weighted by molar-refractivity contribution is 4.80. The Bertz CT molecular complexity index is 203. The van der Waals surface area contributed by atoms with Crippen LogP contribution in [0.3, 0.4) is 0 Å². The average Bonchev–Trinajstić information content (AvgIpc) is 2.28. The first kappa shape index (κ1) is 17.9. The van der Waals surface area contributed by atoms with Gasteiger partial charge in [-0.25, -0.2) is 0 Å². The molecule has 2 heteroatoms. The molecule has 0 aliphatic rings. The normalized spacial score (nSPS) is 17.2. The maximum Gasteiger partial charge on any atom is 0.00640 e. The number of hydrogen-bond donors (Lipinski definition) is 1. The molecule has 0 saturated carbocycles. The zero-order chi connectivity index (χ0) is 14.2. The third kappa shape index (κ3) is 7.38. The summed E-state index contributed by atoms with van der Waals surface area (Å²) in [7, 11) is 2.27. The van der Waals surface area contributed by atoms with E-state index in [2.05, 4.69) is 58.8 Å². The van der Waals surface area contributed by atoms with Gasteiger partial charge in [-0.05, 0) is 44.7 Å². The summed E-state index contributed by atoms with van der Waals surface area (Å²) in [6.07, 6.45) is 3.82. The van der Waals surface area contributed by atoms with Gasteiger partial charge in [0.05, 0.1) is 0 Å². The Balaban J connectivity index is 4.19. The Hall–Kier alpha value is -0.0800. The molecule has 0 aromatic carbocycles. The molecule has 110 valence electrons. The Labute approximate surface area is 116 Å². The molecule has 0 aliphatic carbocycles. The molecule has 0 aromatic rings. The lowest BCUT2D eigenvalue weighted by Gasteiger charge is -2.36. The molecule has 0 amide bonds. The van der Waals surface area contributed by atoms with E-state index in [1.807, 2.05) is 0 Å². The van der Waals surface area contributed by atoms with Crippen LogP contribution in [0.25, 0.3) is 0 Å². The molecule has 0 rings (SSSR count). The summed E-state index contributed by atoms with van der Waals surface area (Å²) in [6, 6.07) is 0.700. The van der Waals surface area contributed by atoms with Crippen molar-refractivity contribution in [3.05, 3.63) is 0 Å². The summed E-state index contributed by atoms with van der Waals surface area (Å²) in [4.78, 5) is 2.53. The zero-order valence-electron chi connectivity index (χ0n) is 13.8. The Morgan fingerprint density at radius 2 is 1.78 bits per heavy atom. The van der Waals surface area contributed by atoms with Crippen molar-refractivity contribution >= 4 is 0 Å². The maximum atomic E-state index is 3.63. The molecule has 2 unspecified atom stereocenters. The Kier molecular flexibility index (Phi) is 8.89. The quantitative estimate of drug-likeness (QED) is 0.640. The van der Waals surface area contributed by atoms with Crippen LogP contribution in [0.15, 0.2) is 0 Å². The number of nitrogens with one attached hydrogen (secondary N) is 1. The molecule has 1 N–H and O–H groups in total. The SMILES string of the molecule is CCCC(C)N(C)CC(C)(CC)CNCC(C)C. The van der Waals surface area contributed by atoms with Gasteiger partial charge in [-0.1, -0.05) is 41.0 Å². The van der Waals surface area contributed by atoms with Gasteiger partial charge < -0.3 is 10.2 Å². The van der Waals surface area contributed by atoms with Gasteiger partial charge in [0.2, 0.25) is 0 Å². The molecule has 0 heterocycles. The number of nitrogens with zero attached hydrogens (tertiary/aromatic N) is 1. The van der Waals surface area contributed by atoms with Gasteiger partial charge in [0, 0.05) is 19.1 Å². The van der Waals surface area contributed by atoms with Crippen LogP contribution in [-0.2, 0) is 0 Å². The van der Waals surface area contributed by atoms with Crippen molar-refractivity contribution < 1.29 is 0 Å². The highest BCUT2D eigenvalue weighted by atomic mass is 15.1. The predicted octanol–water partition coefficient (Wildman–Crippen LogP) is 3.77. The van der Waals surface area contributed by atoms with Crippen molar-refractivity contribution in [2.75, 3.05) is 26.7 Å². The molecule has 0 radical (unpaired) electrons. The van der Waals surface area contributed by atoms with E-state index in [0.717, 1.165) is 19.0 Å². The highest BCUT2D eigenvalue weighted by Crippen LogP contribution is 2.22. The fourth-order valence-corrected chi connectivity index (χ4v) is 2.35. The van der Waals surface area contributed by atoms with Gasteiger partial charge >= 0.3 is 0 Å². The van der Waals surface area contributed by atoms with Crippen molar-refractivity contribution in [2.24, 2.45) is 11.3 Å². The lowest BCUT2D eigenvalue weighted by Crippen LogP contribution is -2.44. The van der Waals surface area contributed by atoms with Gasteiger partial charge in [0.15, 0.2) is 0 Å². The van der Waals surface area contributed by atoms with Crippen molar-refractivity contribution in [1.82, 2.24) is 10.2 Å². The summed E-state index contributed by atoms with van der Waals surface area (Å²) < 4.78 is 0. The van der Waals surface area contributed by atoms with Gasteiger partial charge in [0.1, 0.15) is 0 Å². The minimum absolute atomic E-state index is 0.394. The molecule has 0 aliphatic heterocycles. The van der Waals surface area contributed by atoms with E-state index < -0.39 is 0 Å². The van der Waals surface area contributed by atoms with Gasteiger partial charge in [-0.2, -0.15) is 0 Å². The van der Waals surface area contributed by atoms with Gasteiger partial charge in [-0.3, -0.25) is 0 Å². The summed E-state index contributed by atoms with van der Waals surface area (Å²) in [5.41, 5.74) is 0.394. The van der Waals surface area contributed by atoms with Crippen molar-refractivity contribution in [1.29, 1.82) is 0 Å². The molecule has 0 fully saturated rings. The molecule has 0 aromatic heterocycles. The molecule has 0 spiro atoms. The fraction of sp³-hybridized carbons (Fsp3) is 1.00. The minimum Gasteiger partial charge on any atom is -0.316 e. The lowest BCUT2D eigenvalue weighted by molar-refractivity contribution is 0.141.